The Morgan fingerprint density at radius 1 is 1.10 bits per heavy atom. The van der Waals surface area contributed by atoms with E-state index < -0.39 is 11.2 Å². The van der Waals surface area contributed by atoms with Crippen LogP contribution in [0.3, 0.4) is 0 Å². The number of aliphatic carboxylic acids is 1. The predicted octanol–water partition coefficient (Wildman–Crippen LogP) is 4.18. The van der Waals surface area contributed by atoms with E-state index >= 15 is 0 Å². The van der Waals surface area contributed by atoms with Gasteiger partial charge < -0.3 is 10.2 Å². The van der Waals surface area contributed by atoms with Gasteiger partial charge in [0.1, 0.15) is 11.0 Å². The Bertz CT molecular complexity index is 501. The van der Waals surface area contributed by atoms with Crippen LogP contribution in [0.15, 0.2) is 12.1 Å². The normalized spacial score (nSPS) is 14.0. The molecule has 1 atom stereocenters. The van der Waals surface area contributed by atoms with Gasteiger partial charge in [-0.15, -0.1) is 0 Å². The fraction of sp³-hybridized carbons (Fsp3) is 0.588. The highest BCUT2D eigenvalue weighted by molar-refractivity contribution is 7.81. The summed E-state index contributed by atoms with van der Waals surface area (Å²) in [5.74, 6) is -0.678. The van der Waals surface area contributed by atoms with Crippen LogP contribution in [0.5, 0.6) is 5.75 Å². The van der Waals surface area contributed by atoms with Gasteiger partial charge in [-0.3, -0.25) is 4.79 Å². The van der Waals surface area contributed by atoms with Crippen LogP contribution in [0.25, 0.3) is 0 Å². The van der Waals surface area contributed by atoms with Gasteiger partial charge in [-0.05, 0) is 33.9 Å². The Morgan fingerprint density at radius 2 is 1.48 bits per heavy atom. The number of carboxylic acid groups (broad SMARTS) is 1. The molecule has 0 heterocycles. The molecule has 0 aliphatic carbocycles. The van der Waals surface area contributed by atoms with E-state index in [1.165, 1.54) is 0 Å². The molecule has 0 amide bonds. The highest BCUT2D eigenvalue weighted by Crippen LogP contribution is 2.40. The first kappa shape index (κ1) is 17.9. The third-order valence-corrected chi connectivity index (χ3v) is 3.85. The number of phenols is 1. The van der Waals surface area contributed by atoms with E-state index in [4.69, 9.17) is 17.7 Å². The predicted molar refractivity (Wildman–Crippen MR) is 88.2 cm³/mol. The molecule has 0 spiro atoms. The van der Waals surface area contributed by atoms with Gasteiger partial charge in [0.05, 0.1) is 0 Å². The lowest BCUT2D eigenvalue weighted by Gasteiger charge is -2.28. The van der Waals surface area contributed by atoms with E-state index in [-0.39, 0.29) is 17.3 Å². The third-order valence-electron chi connectivity index (χ3n) is 3.48. The molecule has 0 aliphatic heterocycles. The van der Waals surface area contributed by atoms with E-state index in [2.05, 4.69) is 0 Å². The standard InChI is InChI=1S/C17H25O3S/c1-16(2,3)11-7-10(9-13(21)15(19)20)8-12(14(11)18)17(4,5)6/h7-8,13,18H,9H2,1-6H3,(H,19,20). The largest absolute Gasteiger partial charge is 0.507 e. The second-order valence-corrected chi connectivity index (χ2v) is 8.14. The molecule has 0 saturated heterocycles. The van der Waals surface area contributed by atoms with Crippen LogP contribution in [-0.4, -0.2) is 21.4 Å². The van der Waals surface area contributed by atoms with Gasteiger partial charge in [-0.25, -0.2) is 0 Å². The summed E-state index contributed by atoms with van der Waals surface area (Å²) in [7, 11) is 0. The lowest BCUT2D eigenvalue weighted by molar-refractivity contribution is -0.136. The lowest BCUT2D eigenvalue weighted by atomic mass is 9.78. The monoisotopic (exact) mass is 309 g/mol. The van der Waals surface area contributed by atoms with Crippen LogP contribution in [0.1, 0.15) is 58.2 Å². The summed E-state index contributed by atoms with van der Waals surface area (Å²) in [4.78, 5) is 11.0. The van der Waals surface area contributed by atoms with Crippen molar-refractivity contribution in [3.05, 3.63) is 28.8 Å². The van der Waals surface area contributed by atoms with Crippen molar-refractivity contribution in [3.63, 3.8) is 0 Å². The third kappa shape index (κ3) is 4.40. The van der Waals surface area contributed by atoms with Crippen molar-refractivity contribution in [2.24, 2.45) is 0 Å². The minimum Gasteiger partial charge on any atom is -0.507 e. The van der Waals surface area contributed by atoms with Gasteiger partial charge in [0.15, 0.2) is 0 Å². The van der Waals surface area contributed by atoms with Gasteiger partial charge in [0.2, 0.25) is 0 Å². The minimum absolute atomic E-state index is 0.222. The van der Waals surface area contributed by atoms with E-state index in [0.29, 0.717) is 5.75 Å². The number of hydrogen-bond acceptors (Lipinski definition) is 2. The van der Waals surface area contributed by atoms with Crippen molar-refractivity contribution in [2.75, 3.05) is 0 Å². The molecule has 117 valence electrons. The number of aromatic hydroxyl groups is 1. The number of carbonyl (C=O) groups is 1. The Hall–Kier alpha value is -1.16. The number of rotatable bonds is 3. The van der Waals surface area contributed by atoms with Crippen molar-refractivity contribution in [1.29, 1.82) is 0 Å². The smallest absolute Gasteiger partial charge is 0.317 e. The van der Waals surface area contributed by atoms with Crippen molar-refractivity contribution < 1.29 is 15.0 Å². The molecule has 1 radical (unpaired) electrons. The second-order valence-electron chi connectivity index (χ2n) is 7.57. The highest BCUT2D eigenvalue weighted by atomic mass is 32.1. The van der Waals surface area contributed by atoms with Crippen LogP contribution in [0.2, 0.25) is 0 Å². The molecule has 0 bridgehead atoms. The van der Waals surface area contributed by atoms with E-state index in [1.807, 2.05) is 53.7 Å². The van der Waals surface area contributed by atoms with Crippen LogP contribution in [0.4, 0.5) is 0 Å². The zero-order chi connectivity index (χ0) is 16.6. The molecular weight excluding hydrogens is 284 g/mol. The van der Waals surface area contributed by atoms with E-state index in [0.717, 1.165) is 16.7 Å². The molecule has 2 N–H and O–H groups in total. The SMILES string of the molecule is CC(C)(C)c1cc(CC([S])C(=O)O)cc(C(C)(C)C)c1O. The van der Waals surface area contributed by atoms with Gasteiger partial charge in [-0.2, -0.15) is 0 Å². The van der Waals surface area contributed by atoms with Gasteiger partial charge in [0, 0.05) is 0 Å². The number of phenolic OH excluding ortho intramolecular Hbond substituents is 1. The summed E-state index contributed by atoms with van der Waals surface area (Å²) >= 11 is 4.99. The van der Waals surface area contributed by atoms with Crippen LogP contribution in [0, 0.1) is 0 Å². The maximum atomic E-state index is 11.0. The summed E-state index contributed by atoms with van der Waals surface area (Å²) in [5, 5.41) is 18.7. The fourth-order valence-corrected chi connectivity index (χ4v) is 2.45. The number of carboxylic acids is 1. The molecule has 0 fully saturated rings. The number of benzene rings is 1. The first-order valence-corrected chi connectivity index (χ1v) is 7.56. The van der Waals surface area contributed by atoms with Gasteiger partial charge in [-0.1, -0.05) is 66.3 Å². The Morgan fingerprint density at radius 3 is 1.76 bits per heavy atom. The molecule has 0 aliphatic rings. The Labute approximate surface area is 132 Å². The van der Waals surface area contributed by atoms with Crippen LogP contribution in [-0.2, 0) is 22.0 Å². The zero-order valence-corrected chi connectivity index (χ0v) is 14.5. The molecule has 4 heteroatoms. The highest BCUT2D eigenvalue weighted by Gasteiger charge is 2.27. The van der Waals surface area contributed by atoms with E-state index in [9.17, 15) is 9.90 Å². The summed E-state index contributed by atoms with van der Waals surface area (Å²) in [6.45, 7) is 12.2. The number of hydrogen-bond donors (Lipinski definition) is 2. The maximum Gasteiger partial charge on any atom is 0.317 e. The van der Waals surface area contributed by atoms with Crippen molar-refractivity contribution >= 4 is 18.6 Å². The summed E-state index contributed by atoms with van der Waals surface area (Å²) in [6, 6.07) is 3.76. The first-order chi connectivity index (χ1) is 9.34. The van der Waals surface area contributed by atoms with Crippen molar-refractivity contribution in [1.82, 2.24) is 0 Å². The average molecular weight is 309 g/mol. The molecule has 0 saturated carbocycles. The first-order valence-electron chi connectivity index (χ1n) is 7.09. The maximum absolute atomic E-state index is 11.0. The molecular formula is C17H25O3S. The van der Waals surface area contributed by atoms with Crippen LogP contribution >= 0.6 is 12.6 Å². The zero-order valence-electron chi connectivity index (χ0n) is 13.7. The second kappa shape index (κ2) is 5.91. The summed E-state index contributed by atoms with van der Waals surface area (Å²) in [5.41, 5.74) is 2.08. The molecule has 21 heavy (non-hydrogen) atoms. The topological polar surface area (TPSA) is 57.5 Å². The van der Waals surface area contributed by atoms with Crippen molar-refractivity contribution in [3.8, 4) is 5.75 Å². The summed E-state index contributed by atoms with van der Waals surface area (Å²) in [6.07, 6.45) is 0.289. The average Bonchev–Trinajstić information content (AvgIpc) is 2.27. The molecule has 1 rings (SSSR count). The molecule has 1 aromatic rings. The lowest BCUT2D eigenvalue weighted by Crippen LogP contribution is -2.20. The van der Waals surface area contributed by atoms with Gasteiger partial charge >= 0.3 is 5.97 Å². The quantitative estimate of drug-likeness (QED) is 0.880. The molecule has 1 unspecified atom stereocenters. The van der Waals surface area contributed by atoms with Gasteiger partial charge in [0.25, 0.3) is 0 Å². The fourth-order valence-electron chi connectivity index (χ4n) is 2.26. The Kier molecular flexibility index (Phi) is 5.04. The molecule has 1 aromatic carbocycles. The summed E-state index contributed by atoms with van der Waals surface area (Å²) < 4.78 is 0. The van der Waals surface area contributed by atoms with Crippen LogP contribution < -0.4 is 0 Å². The molecule has 0 aromatic heterocycles. The minimum atomic E-state index is -0.979. The van der Waals surface area contributed by atoms with Crippen molar-refractivity contribution in [2.45, 2.75) is 64.0 Å². The van der Waals surface area contributed by atoms with E-state index in [1.54, 1.807) is 0 Å². The molecule has 3 nitrogen and oxygen atoms in total. The Balaban J connectivity index is 3.44.